The summed E-state index contributed by atoms with van der Waals surface area (Å²) in [5, 5.41) is 20.6. The highest BCUT2D eigenvalue weighted by Crippen LogP contribution is 2.27. The zero-order valence-electron chi connectivity index (χ0n) is 14.5. The van der Waals surface area contributed by atoms with Crippen molar-refractivity contribution in [1.29, 1.82) is 10.5 Å². The fourth-order valence-corrected chi connectivity index (χ4v) is 2.69. The topological polar surface area (TPSA) is 95.1 Å². The molecule has 2 aromatic rings. The van der Waals surface area contributed by atoms with E-state index in [0.29, 0.717) is 33.8 Å². The minimum absolute atomic E-state index is 0.0468. The van der Waals surface area contributed by atoms with Crippen molar-refractivity contribution in [2.24, 2.45) is 0 Å². The smallest absolute Gasteiger partial charge is 0.266 e. The van der Waals surface area contributed by atoms with Gasteiger partial charge in [0, 0.05) is 11.8 Å². The lowest BCUT2D eigenvalue weighted by molar-refractivity contribution is -0.112. The Kier molecular flexibility index (Phi) is 7.42. The number of benzene rings is 2. The second kappa shape index (κ2) is 10.0. The molecule has 136 valence electrons. The van der Waals surface area contributed by atoms with Gasteiger partial charge in [-0.1, -0.05) is 12.1 Å². The van der Waals surface area contributed by atoms with E-state index < -0.39 is 5.91 Å². The first-order valence-corrected chi connectivity index (χ1v) is 8.82. The fraction of sp³-hybridized carbons (Fsp3) is 0.150. The molecule has 0 aliphatic rings. The number of rotatable bonds is 7. The van der Waals surface area contributed by atoms with Gasteiger partial charge in [-0.25, -0.2) is 0 Å². The number of halogens is 1. The highest BCUT2D eigenvalue weighted by molar-refractivity contribution is 9.10. The monoisotopic (exact) mass is 425 g/mol. The van der Waals surface area contributed by atoms with Crippen molar-refractivity contribution in [2.45, 2.75) is 6.92 Å². The van der Waals surface area contributed by atoms with Crippen molar-refractivity contribution in [3.8, 4) is 23.6 Å². The zero-order valence-corrected chi connectivity index (χ0v) is 16.1. The molecule has 2 rings (SSSR count). The predicted octanol–water partition coefficient (Wildman–Crippen LogP) is 4.30. The second-order valence-electron chi connectivity index (χ2n) is 5.22. The highest BCUT2D eigenvalue weighted by atomic mass is 79.9. The van der Waals surface area contributed by atoms with Crippen LogP contribution in [0.2, 0.25) is 0 Å². The van der Waals surface area contributed by atoms with Crippen molar-refractivity contribution in [3.05, 3.63) is 58.1 Å². The summed E-state index contributed by atoms with van der Waals surface area (Å²) >= 11 is 3.34. The van der Waals surface area contributed by atoms with Crippen molar-refractivity contribution in [2.75, 3.05) is 18.5 Å². The molecule has 0 spiro atoms. The summed E-state index contributed by atoms with van der Waals surface area (Å²) in [6, 6.07) is 15.8. The van der Waals surface area contributed by atoms with Crippen LogP contribution in [0.5, 0.6) is 11.5 Å². The number of nitrogens with one attached hydrogen (secondary N) is 1. The van der Waals surface area contributed by atoms with Gasteiger partial charge in [-0.15, -0.1) is 0 Å². The summed E-state index contributed by atoms with van der Waals surface area (Å²) in [6.07, 6.45) is 1.47. The van der Waals surface area contributed by atoms with Crippen LogP contribution in [-0.2, 0) is 4.79 Å². The number of hydrogen-bond acceptors (Lipinski definition) is 5. The summed E-state index contributed by atoms with van der Waals surface area (Å²) < 4.78 is 11.3. The molecule has 2 aromatic carbocycles. The molecule has 6 nitrogen and oxygen atoms in total. The van der Waals surface area contributed by atoms with Gasteiger partial charge in [0.25, 0.3) is 5.91 Å². The molecular formula is C20H16BrN3O3. The molecule has 0 radical (unpaired) electrons. The molecule has 0 saturated heterocycles. The highest BCUT2D eigenvalue weighted by Gasteiger charge is 2.11. The van der Waals surface area contributed by atoms with Gasteiger partial charge >= 0.3 is 0 Å². The van der Waals surface area contributed by atoms with Gasteiger partial charge in [0.1, 0.15) is 29.2 Å². The summed E-state index contributed by atoms with van der Waals surface area (Å²) in [4.78, 5) is 12.4. The summed E-state index contributed by atoms with van der Waals surface area (Å²) in [5.41, 5.74) is 1.13. The third-order valence-corrected chi connectivity index (χ3v) is 3.95. The molecule has 0 fully saturated rings. The molecule has 0 aliphatic heterocycles. The standard InChI is InChI=1S/C20H16BrN3O3/c1-2-26-17-5-3-4-16(12-17)24-20(25)15(13-23)10-14-6-7-19(18(21)11-14)27-9-8-22/h3-7,10-12H,2,9H2,1H3,(H,24,25)/b15-10-. The van der Waals surface area contributed by atoms with Crippen molar-refractivity contribution in [1.82, 2.24) is 0 Å². The normalized spacial score (nSPS) is 10.4. The maximum atomic E-state index is 12.4. The van der Waals surface area contributed by atoms with Crippen LogP contribution >= 0.6 is 15.9 Å². The van der Waals surface area contributed by atoms with Gasteiger partial charge < -0.3 is 14.8 Å². The van der Waals surface area contributed by atoms with Gasteiger partial charge in [-0.2, -0.15) is 10.5 Å². The molecule has 0 heterocycles. The quantitative estimate of drug-likeness (QED) is 0.526. The SMILES string of the molecule is CCOc1cccc(NC(=O)/C(C#N)=C\c2ccc(OCC#N)c(Br)c2)c1. The van der Waals surface area contributed by atoms with E-state index in [-0.39, 0.29) is 12.2 Å². The average Bonchev–Trinajstić information content (AvgIpc) is 2.66. The van der Waals surface area contributed by atoms with Crippen LogP contribution in [0.3, 0.4) is 0 Å². The number of hydrogen-bond donors (Lipinski definition) is 1. The molecule has 0 aliphatic carbocycles. The fourth-order valence-electron chi connectivity index (χ4n) is 2.18. The van der Waals surface area contributed by atoms with Gasteiger partial charge in [-0.05, 0) is 58.8 Å². The number of ether oxygens (including phenoxy) is 2. The van der Waals surface area contributed by atoms with Gasteiger partial charge in [0.2, 0.25) is 0 Å². The molecule has 1 N–H and O–H groups in total. The first-order chi connectivity index (χ1) is 13.1. The van der Waals surface area contributed by atoms with Gasteiger partial charge in [0.05, 0.1) is 11.1 Å². The Hall–Kier alpha value is -3.29. The molecule has 0 atom stereocenters. The Bertz CT molecular complexity index is 942. The number of nitriles is 2. The lowest BCUT2D eigenvalue weighted by Crippen LogP contribution is -2.13. The number of nitrogens with zero attached hydrogens (tertiary/aromatic N) is 2. The van der Waals surface area contributed by atoms with Crippen LogP contribution in [-0.4, -0.2) is 19.1 Å². The lowest BCUT2D eigenvalue weighted by Gasteiger charge is -2.08. The number of amides is 1. The Balaban J connectivity index is 2.17. The van der Waals surface area contributed by atoms with Crippen molar-refractivity contribution in [3.63, 3.8) is 0 Å². The van der Waals surface area contributed by atoms with E-state index in [1.54, 1.807) is 42.5 Å². The minimum Gasteiger partial charge on any atom is -0.494 e. The number of carbonyl (C=O) groups is 1. The largest absolute Gasteiger partial charge is 0.494 e. The van der Waals surface area contributed by atoms with E-state index in [0.717, 1.165) is 0 Å². The van der Waals surface area contributed by atoms with E-state index in [1.807, 2.05) is 19.1 Å². The van der Waals surface area contributed by atoms with Crippen LogP contribution in [0.25, 0.3) is 6.08 Å². The molecular weight excluding hydrogens is 410 g/mol. The molecule has 1 amide bonds. The van der Waals surface area contributed by atoms with E-state index in [9.17, 15) is 10.1 Å². The first kappa shape index (κ1) is 20.0. The minimum atomic E-state index is -0.521. The third-order valence-electron chi connectivity index (χ3n) is 3.33. The maximum absolute atomic E-state index is 12.4. The summed E-state index contributed by atoms with van der Waals surface area (Å²) in [6.45, 7) is 2.32. The Morgan fingerprint density at radius 1 is 1.22 bits per heavy atom. The van der Waals surface area contributed by atoms with Crippen LogP contribution in [0, 0.1) is 22.7 Å². The Morgan fingerprint density at radius 3 is 2.70 bits per heavy atom. The predicted molar refractivity (Wildman–Crippen MR) is 105 cm³/mol. The van der Waals surface area contributed by atoms with E-state index in [1.165, 1.54) is 6.08 Å². The van der Waals surface area contributed by atoms with Crippen LogP contribution in [0.1, 0.15) is 12.5 Å². The zero-order chi connectivity index (χ0) is 19.6. The second-order valence-corrected chi connectivity index (χ2v) is 6.08. The molecule has 0 saturated carbocycles. The van der Waals surface area contributed by atoms with Crippen molar-refractivity contribution < 1.29 is 14.3 Å². The summed E-state index contributed by atoms with van der Waals surface area (Å²) in [5.74, 6) is 0.617. The molecule has 0 aromatic heterocycles. The van der Waals surface area contributed by atoms with E-state index in [4.69, 9.17) is 14.7 Å². The molecule has 27 heavy (non-hydrogen) atoms. The Morgan fingerprint density at radius 2 is 2.04 bits per heavy atom. The van der Waals surface area contributed by atoms with Gasteiger partial charge in [-0.3, -0.25) is 4.79 Å². The van der Waals surface area contributed by atoms with Crippen LogP contribution < -0.4 is 14.8 Å². The molecule has 7 heteroatoms. The lowest BCUT2D eigenvalue weighted by atomic mass is 10.1. The third kappa shape index (κ3) is 5.88. The maximum Gasteiger partial charge on any atom is 0.266 e. The average molecular weight is 426 g/mol. The Labute approximate surface area is 165 Å². The van der Waals surface area contributed by atoms with Crippen molar-refractivity contribution >= 4 is 33.6 Å². The molecule has 0 bridgehead atoms. The van der Waals surface area contributed by atoms with E-state index >= 15 is 0 Å². The van der Waals surface area contributed by atoms with E-state index in [2.05, 4.69) is 21.2 Å². The first-order valence-electron chi connectivity index (χ1n) is 8.02. The number of carbonyl (C=O) groups excluding carboxylic acids is 1. The van der Waals surface area contributed by atoms with Crippen LogP contribution in [0.15, 0.2) is 52.5 Å². The number of anilines is 1. The molecule has 0 unspecified atom stereocenters. The van der Waals surface area contributed by atoms with Gasteiger partial charge in [0.15, 0.2) is 6.61 Å². The summed E-state index contributed by atoms with van der Waals surface area (Å²) in [7, 11) is 0. The van der Waals surface area contributed by atoms with Crippen LogP contribution in [0.4, 0.5) is 5.69 Å².